The van der Waals surface area contributed by atoms with E-state index in [1.807, 2.05) is 18.3 Å². The lowest BCUT2D eigenvalue weighted by molar-refractivity contribution is 0.309. The summed E-state index contributed by atoms with van der Waals surface area (Å²) in [6.07, 6.45) is 5.02. The standard InChI is InChI=1S/C22H24N4S/c1-3-14-26-21(20(24-22(26)27)17-10-6-7-13-23-17)19-12-8-15-25(19)18-11-5-4-9-16(18)2/h4-13,15,20-21H,3,14H2,1-2H3,(H,24,27)/t20-,21-/m0/s1. The van der Waals surface area contributed by atoms with E-state index < -0.39 is 0 Å². The van der Waals surface area contributed by atoms with Crippen LogP contribution in [0.1, 0.15) is 42.4 Å². The van der Waals surface area contributed by atoms with Gasteiger partial charge in [0, 0.05) is 30.3 Å². The van der Waals surface area contributed by atoms with Gasteiger partial charge in [-0.05, 0) is 61.5 Å². The minimum atomic E-state index is 0.0305. The van der Waals surface area contributed by atoms with Gasteiger partial charge in [-0.25, -0.2) is 0 Å². The summed E-state index contributed by atoms with van der Waals surface area (Å²) in [5, 5.41) is 4.32. The molecule has 3 aromatic rings. The summed E-state index contributed by atoms with van der Waals surface area (Å²) in [5.74, 6) is 0. The zero-order valence-corrected chi connectivity index (χ0v) is 16.5. The highest BCUT2D eigenvalue weighted by atomic mass is 32.1. The molecule has 4 nitrogen and oxygen atoms in total. The van der Waals surface area contributed by atoms with Crippen molar-refractivity contribution in [1.29, 1.82) is 0 Å². The quantitative estimate of drug-likeness (QED) is 0.662. The van der Waals surface area contributed by atoms with E-state index in [0.717, 1.165) is 23.8 Å². The fourth-order valence-electron chi connectivity index (χ4n) is 3.90. The minimum absolute atomic E-state index is 0.0305. The first kappa shape index (κ1) is 17.7. The number of nitrogens with one attached hydrogen (secondary N) is 1. The van der Waals surface area contributed by atoms with Gasteiger partial charge in [-0.1, -0.05) is 31.2 Å². The highest BCUT2D eigenvalue weighted by Crippen LogP contribution is 2.39. The second-order valence-electron chi connectivity index (χ2n) is 6.91. The maximum Gasteiger partial charge on any atom is 0.170 e. The molecule has 0 saturated carbocycles. The zero-order valence-electron chi connectivity index (χ0n) is 15.7. The lowest BCUT2D eigenvalue weighted by Gasteiger charge is -2.29. The molecule has 1 aromatic carbocycles. The van der Waals surface area contributed by atoms with Gasteiger partial charge in [-0.2, -0.15) is 0 Å². The summed E-state index contributed by atoms with van der Waals surface area (Å²) < 4.78 is 2.29. The van der Waals surface area contributed by atoms with Crippen molar-refractivity contribution < 1.29 is 0 Å². The van der Waals surface area contributed by atoms with Gasteiger partial charge < -0.3 is 14.8 Å². The number of hydrogen-bond donors (Lipinski definition) is 1. The van der Waals surface area contributed by atoms with Crippen molar-refractivity contribution in [1.82, 2.24) is 19.8 Å². The van der Waals surface area contributed by atoms with E-state index in [0.29, 0.717) is 0 Å². The molecule has 1 fully saturated rings. The lowest BCUT2D eigenvalue weighted by Crippen LogP contribution is -2.31. The molecule has 0 unspecified atom stereocenters. The molecule has 1 saturated heterocycles. The van der Waals surface area contributed by atoms with Gasteiger partial charge in [0.15, 0.2) is 5.11 Å². The first-order valence-electron chi connectivity index (χ1n) is 9.42. The lowest BCUT2D eigenvalue weighted by atomic mass is 10.0. The van der Waals surface area contributed by atoms with Crippen molar-refractivity contribution in [3.63, 3.8) is 0 Å². The van der Waals surface area contributed by atoms with Crippen LogP contribution in [-0.2, 0) is 0 Å². The van der Waals surface area contributed by atoms with E-state index in [2.05, 4.69) is 82.3 Å². The Balaban J connectivity index is 1.83. The third-order valence-corrected chi connectivity index (χ3v) is 5.47. The van der Waals surface area contributed by atoms with Crippen LogP contribution in [0.25, 0.3) is 5.69 Å². The van der Waals surface area contributed by atoms with Gasteiger partial charge in [-0.3, -0.25) is 4.98 Å². The van der Waals surface area contributed by atoms with Crippen molar-refractivity contribution in [2.75, 3.05) is 6.54 Å². The van der Waals surface area contributed by atoms with Gasteiger partial charge in [0.1, 0.15) is 0 Å². The van der Waals surface area contributed by atoms with Crippen LogP contribution < -0.4 is 5.32 Å². The van der Waals surface area contributed by atoms with Crippen molar-refractivity contribution >= 4 is 17.3 Å². The Kier molecular flexibility index (Phi) is 4.94. The molecule has 4 rings (SSSR count). The van der Waals surface area contributed by atoms with Gasteiger partial charge in [0.05, 0.1) is 17.8 Å². The predicted octanol–water partition coefficient (Wildman–Crippen LogP) is 4.56. The van der Waals surface area contributed by atoms with Crippen LogP contribution >= 0.6 is 12.2 Å². The summed E-state index contributed by atoms with van der Waals surface area (Å²) in [4.78, 5) is 6.92. The highest BCUT2D eigenvalue weighted by Gasteiger charge is 2.40. The van der Waals surface area contributed by atoms with E-state index in [1.54, 1.807) is 0 Å². The molecule has 0 amide bonds. The number of hydrogen-bond acceptors (Lipinski definition) is 2. The summed E-state index contributed by atoms with van der Waals surface area (Å²) >= 11 is 5.70. The number of benzene rings is 1. The molecule has 1 aliphatic heterocycles. The molecule has 3 heterocycles. The average Bonchev–Trinajstić information content (AvgIpc) is 3.28. The fraction of sp³-hybridized carbons (Fsp3) is 0.273. The van der Waals surface area contributed by atoms with E-state index in [-0.39, 0.29) is 12.1 Å². The fourth-order valence-corrected chi connectivity index (χ4v) is 4.23. The Morgan fingerprint density at radius 2 is 1.89 bits per heavy atom. The molecule has 0 spiro atoms. The number of aromatic nitrogens is 2. The molecule has 0 bridgehead atoms. The minimum Gasteiger partial charge on any atom is -0.352 e. The van der Waals surface area contributed by atoms with Gasteiger partial charge >= 0.3 is 0 Å². The molecular formula is C22H24N4S. The largest absolute Gasteiger partial charge is 0.352 e. The highest BCUT2D eigenvalue weighted by molar-refractivity contribution is 7.80. The van der Waals surface area contributed by atoms with Crippen LogP contribution in [0.2, 0.25) is 0 Å². The van der Waals surface area contributed by atoms with Crippen LogP contribution in [0.5, 0.6) is 0 Å². The molecule has 1 N–H and O–H groups in total. The summed E-state index contributed by atoms with van der Waals surface area (Å²) in [7, 11) is 0. The third-order valence-electron chi connectivity index (χ3n) is 5.12. The van der Waals surface area contributed by atoms with Crippen LogP contribution in [0.15, 0.2) is 67.0 Å². The Hall–Kier alpha value is -2.66. The molecule has 1 aliphatic rings. The van der Waals surface area contributed by atoms with Crippen LogP contribution in [0.4, 0.5) is 0 Å². The van der Waals surface area contributed by atoms with E-state index in [1.165, 1.54) is 16.9 Å². The number of pyridine rings is 1. The van der Waals surface area contributed by atoms with Crippen molar-refractivity contribution in [2.45, 2.75) is 32.4 Å². The zero-order chi connectivity index (χ0) is 18.8. The normalized spacial score (nSPS) is 19.3. The summed E-state index contributed by atoms with van der Waals surface area (Å²) in [6.45, 7) is 5.25. The number of thiocarbonyl (C=S) groups is 1. The number of para-hydroxylation sites is 1. The average molecular weight is 377 g/mol. The van der Waals surface area contributed by atoms with Crippen molar-refractivity contribution in [2.24, 2.45) is 0 Å². The summed E-state index contributed by atoms with van der Waals surface area (Å²) in [6, 6.07) is 19.0. The SMILES string of the molecule is CCCN1C(=S)N[C@@H](c2ccccn2)[C@@H]1c1cccn1-c1ccccc1C. The molecule has 0 radical (unpaired) electrons. The third kappa shape index (κ3) is 3.23. The smallest absolute Gasteiger partial charge is 0.170 e. The van der Waals surface area contributed by atoms with Crippen LogP contribution in [-0.4, -0.2) is 26.1 Å². The van der Waals surface area contributed by atoms with E-state index in [9.17, 15) is 0 Å². The van der Waals surface area contributed by atoms with Crippen molar-refractivity contribution in [3.05, 3.63) is 83.9 Å². The van der Waals surface area contributed by atoms with Gasteiger partial charge in [0.25, 0.3) is 0 Å². The van der Waals surface area contributed by atoms with E-state index >= 15 is 0 Å². The molecule has 27 heavy (non-hydrogen) atoms. The first-order valence-corrected chi connectivity index (χ1v) is 9.83. The number of aryl methyl sites for hydroxylation is 1. The Morgan fingerprint density at radius 1 is 1.07 bits per heavy atom. The molecule has 0 aliphatic carbocycles. The molecular weight excluding hydrogens is 352 g/mol. The monoisotopic (exact) mass is 376 g/mol. The maximum atomic E-state index is 5.70. The van der Waals surface area contributed by atoms with Crippen molar-refractivity contribution in [3.8, 4) is 5.69 Å². The van der Waals surface area contributed by atoms with Crippen LogP contribution in [0.3, 0.4) is 0 Å². The summed E-state index contributed by atoms with van der Waals surface area (Å²) in [5.41, 5.74) is 4.69. The molecule has 2 aromatic heterocycles. The Morgan fingerprint density at radius 3 is 2.63 bits per heavy atom. The topological polar surface area (TPSA) is 33.1 Å². The first-order chi connectivity index (χ1) is 13.2. The Labute approximate surface area is 165 Å². The molecule has 138 valence electrons. The molecule has 2 atom stereocenters. The maximum absolute atomic E-state index is 5.70. The Bertz CT molecular complexity index is 934. The van der Waals surface area contributed by atoms with E-state index in [4.69, 9.17) is 12.2 Å². The number of nitrogens with zero attached hydrogens (tertiary/aromatic N) is 3. The number of rotatable bonds is 5. The predicted molar refractivity (Wildman–Crippen MR) is 113 cm³/mol. The van der Waals surface area contributed by atoms with Gasteiger partial charge in [-0.15, -0.1) is 0 Å². The second-order valence-corrected chi connectivity index (χ2v) is 7.30. The molecule has 5 heteroatoms. The second kappa shape index (κ2) is 7.53. The van der Waals surface area contributed by atoms with Crippen LogP contribution in [0, 0.1) is 6.92 Å². The van der Waals surface area contributed by atoms with Gasteiger partial charge in [0.2, 0.25) is 0 Å².